The first-order chi connectivity index (χ1) is 13.2. The van der Waals surface area contributed by atoms with Crippen molar-refractivity contribution < 1.29 is 4.79 Å². The monoisotopic (exact) mass is 373 g/mol. The number of rotatable bonds is 5. The molecular formula is C24H20ClNO. The third kappa shape index (κ3) is 3.96. The molecule has 4 rings (SSSR count). The highest BCUT2D eigenvalue weighted by molar-refractivity contribution is 6.18. The highest BCUT2D eigenvalue weighted by Crippen LogP contribution is 2.23. The predicted octanol–water partition coefficient (Wildman–Crippen LogP) is 5.57. The second-order valence-electron chi connectivity index (χ2n) is 6.78. The number of amides is 1. The van der Waals surface area contributed by atoms with Gasteiger partial charge in [0, 0.05) is 17.5 Å². The van der Waals surface area contributed by atoms with Crippen molar-refractivity contribution in [3.63, 3.8) is 0 Å². The van der Waals surface area contributed by atoms with Crippen LogP contribution < -0.4 is 5.32 Å². The van der Waals surface area contributed by atoms with Crippen LogP contribution in [0.3, 0.4) is 0 Å². The molecule has 0 fully saturated rings. The summed E-state index contributed by atoms with van der Waals surface area (Å²) in [5.74, 6) is 0.283. The number of carbonyl (C=O) groups excluding carboxylic acids is 1. The standard InChI is InChI=1S/C24H20ClNO/c25-16-23(12-17-6-2-1-3-7-17)26-24(27)21-11-10-20-13-18-8-4-5-9-19(18)14-22(20)15-21/h1-11,13-15,23H,12,16H2,(H,26,27)/t23-/m0/s1. The number of halogens is 1. The predicted molar refractivity (Wildman–Crippen MR) is 114 cm³/mol. The van der Waals surface area contributed by atoms with Crippen LogP contribution in [0.5, 0.6) is 0 Å². The average Bonchev–Trinajstić information content (AvgIpc) is 2.72. The van der Waals surface area contributed by atoms with E-state index >= 15 is 0 Å². The maximum atomic E-state index is 12.7. The maximum Gasteiger partial charge on any atom is 0.251 e. The van der Waals surface area contributed by atoms with Gasteiger partial charge in [0.05, 0.1) is 0 Å². The van der Waals surface area contributed by atoms with Crippen molar-refractivity contribution in [2.45, 2.75) is 12.5 Å². The van der Waals surface area contributed by atoms with Crippen LogP contribution in [-0.2, 0) is 6.42 Å². The second-order valence-corrected chi connectivity index (χ2v) is 7.08. The Hall–Kier alpha value is -2.84. The lowest BCUT2D eigenvalue weighted by molar-refractivity contribution is 0.0940. The van der Waals surface area contributed by atoms with Gasteiger partial charge in [-0.05, 0) is 57.8 Å². The number of benzene rings is 4. The maximum absolute atomic E-state index is 12.7. The summed E-state index contributed by atoms with van der Waals surface area (Å²) in [5, 5.41) is 7.63. The van der Waals surface area contributed by atoms with Crippen molar-refractivity contribution in [1.29, 1.82) is 0 Å². The highest BCUT2D eigenvalue weighted by Gasteiger charge is 2.14. The molecule has 0 saturated heterocycles. The molecule has 0 aliphatic rings. The van der Waals surface area contributed by atoms with E-state index in [1.807, 2.05) is 60.7 Å². The van der Waals surface area contributed by atoms with Gasteiger partial charge in [-0.1, -0.05) is 60.7 Å². The molecule has 0 aromatic heterocycles. The lowest BCUT2D eigenvalue weighted by Gasteiger charge is -2.16. The molecule has 0 aliphatic heterocycles. The van der Waals surface area contributed by atoms with Crippen LogP contribution in [0.2, 0.25) is 0 Å². The molecule has 27 heavy (non-hydrogen) atoms. The van der Waals surface area contributed by atoms with Gasteiger partial charge in [-0.15, -0.1) is 11.6 Å². The second kappa shape index (κ2) is 7.81. The van der Waals surface area contributed by atoms with Crippen LogP contribution in [0.15, 0.2) is 84.9 Å². The van der Waals surface area contributed by atoms with Crippen LogP contribution in [-0.4, -0.2) is 17.8 Å². The van der Waals surface area contributed by atoms with Gasteiger partial charge in [0.15, 0.2) is 0 Å². The molecule has 134 valence electrons. The third-order valence-electron chi connectivity index (χ3n) is 4.81. The summed E-state index contributed by atoms with van der Waals surface area (Å²) in [6.45, 7) is 0. The van der Waals surface area contributed by atoms with E-state index in [9.17, 15) is 4.79 Å². The summed E-state index contributed by atoms with van der Waals surface area (Å²) < 4.78 is 0. The first-order valence-electron chi connectivity index (χ1n) is 9.06. The van der Waals surface area contributed by atoms with E-state index in [-0.39, 0.29) is 11.9 Å². The Morgan fingerprint density at radius 3 is 2.11 bits per heavy atom. The van der Waals surface area contributed by atoms with Gasteiger partial charge in [-0.3, -0.25) is 4.79 Å². The third-order valence-corrected chi connectivity index (χ3v) is 5.19. The fourth-order valence-electron chi connectivity index (χ4n) is 3.39. The fraction of sp³-hybridized carbons (Fsp3) is 0.125. The molecule has 2 nitrogen and oxygen atoms in total. The summed E-state index contributed by atoms with van der Waals surface area (Å²) in [7, 11) is 0. The molecule has 0 aliphatic carbocycles. The largest absolute Gasteiger partial charge is 0.348 e. The van der Waals surface area contributed by atoms with Crippen LogP contribution in [0.1, 0.15) is 15.9 Å². The first kappa shape index (κ1) is 17.6. The van der Waals surface area contributed by atoms with Crippen LogP contribution in [0.25, 0.3) is 21.5 Å². The first-order valence-corrected chi connectivity index (χ1v) is 9.60. The van der Waals surface area contributed by atoms with E-state index < -0.39 is 0 Å². The van der Waals surface area contributed by atoms with Crippen molar-refractivity contribution in [2.24, 2.45) is 0 Å². The quantitative estimate of drug-likeness (QED) is 0.359. The Kier molecular flexibility index (Phi) is 5.08. The van der Waals surface area contributed by atoms with E-state index in [0.717, 1.165) is 16.3 Å². The van der Waals surface area contributed by atoms with Crippen molar-refractivity contribution in [2.75, 3.05) is 5.88 Å². The average molecular weight is 374 g/mol. The SMILES string of the molecule is O=C(N[C@H](CCl)Cc1ccccc1)c1ccc2cc3ccccc3cc2c1. The Balaban J connectivity index is 1.57. The zero-order chi connectivity index (χ0) is 18.6. The fourth-order valence-corrected chi connectivity index (χ4v) is 3.58. The van der Waals surface area contributed by atoms with Gasteiger partial charge < -0.3 is 5.32 Å². The molecule has 1 amide bonds. The molecule has 0 spiro atoms. The molecule has 0 bridgehead atoms. The highest BCUT2D eigenvalue weighted by atomic mass is 35.5. The van der Waals surface area contributed by atoms with Gasteiger partial charge in [0.25, 0.3) is 5.91 Å². The van der Waals surface area contributed by atoms with Crippen molar-refractivity contribution in [3.05, 3.63) is 96.1 Å². The Morgan fingerprint density at radius 2 is 1.41 bits per heavy atom. The van der Waals surface area contributed by atoms with E-state index in [4.69, 9.17) is 11.6 Å². The molecule has 0 radical (unpaired) electrons. The van der Waals surface area contributed by atoms with Crippen LogP contribution in [0, 0.1) is 0 Å². The van der Waals surface area contributed by atoms with Crippen LogP contribution >= 0.6 is 11.6 Å². The number of hydrogen-bond donors (Lipinski definition) is 1. The normalized spacial score (nSPS) is 12.2. The van der Waals surface area contributed by atoms with Gasteiger partial charge in [0.1, 0.15) is 0 Å². The van der Waals surface area contributed by atoms with Crippen molar-refractivity contribution in [3.8, 4) is 0 Å². The van der Waals surface area contributed by atoms with E-state index in [1.54, 1.807) is 0 Å². The molecule has 1 N–H and O–H groups in total. The summed E-state index contributed by atoms with van der Waals surface area (Å²) in [6, 6.07) is 28.3. The Labute approximate surface area is 163 Å². The summed E-state index contributed by atoms with van der Waals surface area (Å²) in [6.07, 6.45) is 0.717. The number of alkyl halides is 1. The number of fused-ring (bicyclic) bond motifs is 2. The molecule has 3 heteroatoms. The molecule has 4 aromatic rings. The van der Waals surface area contributed by atoms with E-state index in [0.29, 0.717) is 17.9 Å². The molecule has 4 aromatic carbocycles. The summed E-state index contributed by atoms with van der Waals surface area (Å²) in [4.78, 5) is 12.7. The molecule has 0 unspecified atom stereocenters. The summed E-state index contributed by atoms with van der Waals surface area (Å²) in [5.41, 5.74) is 1.81. The number of carbonyl (C=O) groups is 1. The minimum Gasteiger partial charge on any atom is -0.348 e. The molecule has 0 saturated carbocycles. The number of hydrogen-bond acceptors (Lipinski definition) is 1. The smallest absolute Gasteiger partial charge is 0.251 e. The van der Waals surface area contributed by atoms with Gasteiger partial charge in [-0.25, -0.2) is 0 Å². The van der Waals surface area contributed by atoms with Gasteiger partial charge in [-0.2, -0.15) is 0 Å². The lowest BCUT2D eigenvalue weighted by atomic mass is 10.0. The molecule has 1 atom stereocenters. The van der Waals surface area contributed by atoms with Crippen molar-refractivity contribution >= 4 is 39.1 Å². The van der Waals surface area contributed by atoms with Gasteiger partial charge >= 0.3 is 0 Å². The Morgan fingerprint density at radius 1 is 0.778 bits per heavy atom. The minimum absolute atomic E-state index is 0.0911. The van der Waals surface area contributed by atoms with Gasteiger partial charge in [0.2, 0.25) is 0 Å². The Bertz CT molecular complexity index is 1090. The minimum atomic E-state index is -0.103. The zero-order valence-corrected chi connectivity index (χ0v) is 15.6. The topological polar surface area (TPSA) is 29.1 Å². The number of nitrogens with one attached hydrogen (secondary N) is 1. The summed E-state index contributed by atoms with van der Waals surface area (Å²) >= 11 is 6.09. The van der Waals surface area contributed by atoms with E-state index in [1.165, 1.54) is 10.8 Å². The van der Waals surface area contributed by atoms with Crippen LogP contribution in [0.4, 0.5) is 0 Å². The van der Waals surface area contributed by atoms with Crippen molar-refractivity contribution in [1.82, 2.24) is 5.32 Å². The molecular weight excluding hydrogens is 354 g/mol. The van der Waals surface area contributed by atoms with E-state index in [2.05, 4.69) is 29.6 Å². The zero-order valence-electron chi connectivity index (χ0n) is 14.9. The molecule has 0 heterocycles. The lowest BCUT2D eigenvalue weighted by Crippen LogP contribution is -2.37.